The number of nitrogen functional groups attached to an aromatic ring is 1. The molecule has 0 bridgehead atoms. The number of carbonyl (C=O) groups is 1. The summed E-state index contributed by atoms with van der Waals surface area (Å²) in [6.45, 7) is 2.73. The fourth-order valence-corrected chi connectivity index (χ4v) is 3.90. The van der Waals surface area contributed by atoms with Gasteiger partial charge in [0.05, 0.1) is 22.5 Å². The van der Waals surface area contributed by atoms with Gasteiger partial charge in [-0.15, -0.1) is 0 Å². The van der Waals surface area contributed by atoms with Gasteiger partial charge in [0.15, 0.2) is 11.5 Å². The topological polar surface area (TPSA) is 123 Å². The van der Waals surface area contributed by atoms with E-state index < -0.39 is 5.91 Å². The lowest BCUT2D eigenvalue weighted by molar-refractivity contribution is -0.110. The highest BCUT2D eigenvalue weighted by Crippen LogP contribution is 2.34. The van der Waals surface area contributed by atoms with Crippen LogP contribution in [0.2, 0.25) is 5.02 Å². The Morgan fingerprint density at radius 2 is 2.13 bits per heavy atom. The number of nitrogens with two attached hydrogens (primary N) is 1. The van der Waals surface area contributed by atoms with Crippen molar-refractivity contribution in [1.82, 2.24) is 10.3 Å². The molecule has 0 radical (unpaired) electrons. The summed E-state index contributed by atoms with van der Waals surface area (Å²) in [5.41, 5.74) is 7.80. The first-order valence-electron chi connectivity index (χ1n) is 10.2. The fraction of sp³-hybridized carbons (Fsp3) is 0.381. The number of piperidine rings is 1. The van der Waals surface area contributed by atoms with Crippen LogP contribution in [0.15, 0.2) is 29.4 Å². The quantitative estimate of drug-likeness (QED) is 0.522. The van der Waals surface area contributed by atoms with Crippen LogP contribution < -0.4 is 31.2 Å². The Bertz CT molecular complexity index is 1010. The van der Waals surface area contributed by atoms with Crippen LogP contribution >= 0.6 is 11.6 Å². The van der Waals surface area contributed by atoms with Gasteiger partial charge in [-0.2, -0.15) is 0 Å². The molecular formula is C21H25ClN6O3. The van der Waals surface area contributed by atoms with Crippen molar-refractivity contribution < 1.29 is 14.3 Å². The van der Waals surface area contributed by atoms with E-state index in [-0.39, 0.29) is 17.6 Å². The summed E-state index contributed by atoms with van der Waals surface area (Å²) < 4.78 is 11.1. The zero-order valence-electron chi connectivity index (χ0n) is 17.2. The van der Waals surface area contributed by atoms with Crippen LogP contribution in [-0.4, -0.2) is 56.0 Å². The van der Waals surface area contributed by atoms with Crippen LogP contribution in [0, 0.1) is 0 Å². The first-order valence-corrected chi connectivity index (χ1v) is 10.5. The van der Waals surface area contributed by atoms with E-state index in [9.17, 15) is 4.79 Å². The molecule has 0 unspecified atom stereocenters. The third-order valence-electron chi connectivity index (χ3n) is 5.18. The van der Waals surface area contributed by atoms with E-state index in [0.717, 1.165) is 25.9 Å². The largest absolute Gasteiger partial charge is 0.486 e. The molecule has 5 N–H and O–H groups in total. The van der Waals surface area contributed by atoms with Crippen molar-refractivity contribution in [2.45, 2.75) is 18.9 Å². The summed E-state index contributed by atoms with van der Waals surface area (Å²) >= 11 is 6.45. The molecule has 10 heteroatoms. The number of amides is 1. The highest BCUT2D eigenvalue weighted by Gasteiger charge is 2.25. The molecular weight excluding hydrogens is 420 g/mol. The summed E-state index contributed by atoms with van der Waals surface area (Å²) in [4.78, 5) is 21.5. The van der Waals surface area contributed by atoms with Gasteiger partial charge in [0.25, 0.3) is 5.91 Å². The minimum atomic E-state index is -0.431. The van der Waals surface area contributed by atoms with Crippen LogP contribution in [0.5, 0.6) is 11.5 Å². The molecule has 1 fully saturated rings. The summed E-state index contributed by atoms with van der Waals surface area (Å²) in [6, 6.07) is 5.37. The van der Waals surface area contributed by atoms with Gasteiger partial charge < -0.3 is 31.2 Å². The standard InChI is InChI=1S/C21H25ClN6O3/c1-24-19(21(29)28-12-4-5-15-16(9-12)31-8-7-30-15)17-18(14(22)11-26-20(17)23)27-13-3-2-6-25-10-13/h4-5,9,11,13,25H,2-3,6-8,10H2,1H3,(H,28,29)(H3,23,26,27)/t13-/m1/s1. The molecule has 0 saturated carbocycles. The van der Waals surface area contributed by atoms with E-state index in [1.807, 2.05) is 0 Å². The van der Waals surface area contributed by atoms with Gasteiger partial charge in [0.1, 0.15) is 24.7 Å². The number of hydrogen-bond acceptors (Lipinski definition) is 8. The van der Waals surface area contributed by atoms with E-state index in [1.165, 1.54) is 13.2 Å². The lowest BCUT2D eigenvalue weighted by Gasteiger charge is -2.27. The predicted molar refractivity (Wildman–Crippen MR) is 122 cm³/mol. The van der Waals surface area contributed by atoms with Crippen molar-refractivity contribution in [2.24, 2.45) is 4.99 Å². The van der Waals surface area contributed by atoms with E-state index in [0.29, 0.717) is 46.7 Å². The first-order chi connectivity index (χ1) is 15.1. The van der Waals surface area contributed by atoms with Gasteiger partial charge in [-0.05, 0) is 31.5 Å². The second kappa shape index (κ2) is 9.40. The Labute approximate surface area is 185 Å². The molecule has 2 aromatic rings. The van der Waals surface area contributed by atoms with Crippen LogP contribution in [0.4, 0.5) is 17.2 Å². The van der Waals surface area contributed by atoms with Crippen LogP contribution in [0.25, 0.3) is 0 Å². The molecule has 1 amide bonds. The van der Waals surface area contributed by atoms with Crippen molar-refractivity contribution in [3.05, 3.63) is 35.0 Å². The summed E-state index contributed by atoms with van der Waals surface area (Å²) in [5, 5.41) is 9.99. The Balaban J connectivity index is 1.61. The van der Waals surface area contributed by atoms with Crippen LogP contribution in [-0.2, 0) is 4.79 Å². The number of halogens is 1. The number of nitrogens with one attached hydrogen (secondary N) is 3. The Morgan fingerprint density at radius 3 is 2.87 bits per heavy atom. The molecule has 0 aliphatic carbocycles. The van der Waals surface area contributed by atoms with E-state index in [1.54, 1.807) is 18.2 Å². The predicted octanol–water partition coefficient (Wildman–Crippen LogP) is 2.31. The zero-order valence-corrected chi connectivity index (χ0v) is 18.0. The molecule has 1 atom stereocenters. The zero-order chi connectivity index (χ0) is 21.8. The van der Waals surface area contributed by atoms with Gasteiger partial charge in [0, 0.05) is 31.4 Å². The lowest BCUT2D eigenvalue weighted by atomic mass is 10.0. The molecule has 9 nitrogen and oxygen atoms in total. The Kier molecular flexibility index (Phi) is 6.43. The van der Waals surface area contributed by atoms with Crippen molar-refractivity contribution >= 4 is 40.4 Å². The molecule has 0 spiro atoms. The number of benzene rings is 1. The van der Waals surface area contributed by atoms with Gasteiger partial charge in [0.2, 0.25) is 0 Å². The van der Waals surface area contributed by atoms with Crippen LogP contribution in [0.3, 0.4) is 0 Å². The molecule has 164 valence electrons. The number of rotatable bonds is 5. The number of ether oxygens (including phenoxy) is 2. The second-order valence-electron chi connectivity index (χ2n) is 7.31. The van der Waals surface area contributed by atoms with E-state index >= 15 is 0 Å². The molecule has 2 aliphatic heterocycles. The number of carbonyl (C=O) groups excluding carboxylic acids is 1. The molecule has 1 aromatic carbocycles. The average Bonchev–Trinajstić information content (AvgIpc) is 2.79. The summed E-state index contributed by atoms with van der Waals surface area (Å²) in [7, 11) is 1.53. The minimum absolute atomic E-state index is 0.133. The van der Waals surface area contributed by atoms with Crippen molar-refractivity contribution in [3.8, 4) is 11.5 Å². The van der Waals surface area contributed by atoms with Crippen molar-refractivity contribution in [3.63, 3.8) is 0 Å². The number of fused-ring (bicyclic) bond motifs is 1. The fourth-order valence-electron chi connectivity index (χ4n) is 3.70. The summed E-state index contributed by atoms with van der Waals surface area (Å²) in [5.74, 6) is 0.966. The molecule has 4 rings (SSSR count). The minimum Gasteiger partial charge on any atom is -0.486 e. The number of aliphatic imine (C=N–C) groups is 1. The van der Waals surface area contributed by atoms with Gasteiger partial charge in [-0.25, -0.2) is 4.98 Å². The Hall–Kier alpha value is -3.04. The van der Waals surface area contributed by atoms with Crippen LogP contribution in [0.1, 0.15) is 18.4 Å². The third kappa shape index (κ3) is 4.67. The lowest BCUT2D eigenvalue weighted by Crippen LogP contribution is -2.39. The smallest absolute Gasteiger partial charge is 0.274 e. The highest BCUT2D eigenvalue weighted by atomic mass is 35.5. The number of pyridine rings is 1. The third-order valence-corrected chi connectivity index (χ3v) is 5.47. The molecule has 2 aliphatic rings. The maximum absolute atomic E-state index is 13.1. The summed E-state index contributed by atoms with van der Waals surface area (Å²) in [6.07, 6.45) is 3.50. The monoisotopic (exact) mass is 444 g/mol. The number of anilines is 3. The van der Waals surface area contributed by atoms with Gasteiger partial charge >= 0.3 is 0 Å². The number of nitrogens with zero attached hydrogens (tertiary/aromatic N) is 2. The normalized spacial score (nSPS) is 18.4. The van der Waals surface area contributed by atoms with E-state index in [4.69, 9.17) is 26.8 Å². The van der Waals surface area contributed by atoms with Crippen molar-refractivity contribution in [1.29, 1.82) is 0 Å². The molecule has 3 heterocycles. The Morgan fingerprint density at radius 1 is 1.32 bits per heavy atom. The number of hydrogen-bond donors (Lipinski definition) is 4. The average molecular weight is 445 g/mol. The maximum atomic E-state index is 13.1. The molecule has 1 aromatic heterocycles. The van der Waals surface area contributed by atoms with Gasteiger partial charge in [-0.3, -0.25) is 9.79 Å². The highest BCUT2D eigenvalue weighted by molar-refractivity contribution is 6.51. The molecule has 1 saturated heterocycles. The maximum Gasteiger partial charge on any atom is 0.274 e. The molecule has 31 heavy (non-hydrogen) atoms. The first kappa shape index (κ1) is 21.2. The second-order valence-corrected chi connectivity index (χ2v) is 7.72. The van der Waals surface area contributed by atoms with Gasteiger partial charge in [-0.1, -0.05) is 11.6 Å². The van der Waals surface area contributed by atoms with Crippen molar-refractivity contribution in [2.75, 3.05) is 49.7 Å². The number of aromatic nitrogens is 1. The van der Waals surface area contributed by atoms with E-state index in [2.05, 4.69) is 25.9 Å². The SMILES string of the molecule is CN=C(C(=O)Nc1ccc2c(c1)OCCO2)c1c(N)ncc(Cl)c1N[C@@H]1CCCNC1.